The molecule has 0 radical (unpaired) electrons. The Morgan fingerprint density at radius 1 is 1.05 bits per heavy atom. The summed E-state index contributed by atoms with van der Waals surface area (Å²) in [6, 6.07) is 7.37. The molecular formula is C14H17FO4. The molecule has 1 aromatic rings. The normalized spacial score (nSPS) is 14.4. The van der Waals surface area contributed by atoms with Gasteiger partial charge in [-0.05, 0) is 20.8 Å². The van der Waals surface area contributed by atoms with Gasteiger partial charge in [0, 0.05) is 5.56 Å². The van der Waals surface area contributed by atoms with Crippen molar-refractivity contribution in [1.29, 1.82) is 0 Å². The summed E-state index contributed by atoms with van der Waals surface area (Å²) in [5.74, 6) is -2.58. The van der Waals surface area contributed by atoms with E-state index in [4.69, 9.17) is 4.74 Å². The summed E-state index contributed by atoms with van der Waals surface area (Å²) in [7, 11) is 1.02. The van der Waals surface area contributed by atoms with Crippen LogP contribution >= 0.6 is 0 Å². The highest BCUT2D eigenvalue weighted by Gasteiger charge is 2.52. The molecule has 5 heteroatoms. The van der Waals surface area contributed by atoms with Gasteiger partial charge in [0.15, 0.2) is 0 Å². The monoisotopic (exact) mass is 268 g/mol. The average Bonchev–Trinajstić information content (AvgIpc) is 2.35. The number of alkyl halides is 1. The van der Waals surface area contributed by atoms with Gasteiger partial charge in [-0.1, -0.05) is 30.3 Å². The molecule has 0 fully saturated rings. The second kappa shape index (κ2) is 5.38. The summed E-state index contributed by atoms with van der Waals surface area (Å²) in [5, 5.41) is 0. The van der Waals surface area contributed by atoms with Crippen molar-refractivity contribution in [2.24, 2.45) is 0 Å². The molecule has 0 spiro atoms. The van der Waals surface area contributed by atoms with Gasteiger partial charge in [0.2, 0.25) is 0 Å². The highest BCUT2D eigenvalue weighted by molar-refractivity contribution is 6.04. The first-order valence-corrected chi connectivity index (χ1v) is 5.78. The van der Waals surface area contributed by atoms with Crippen LogP contribution in [0.1, 0.15) is 26.3 Å². The molecule has 0 aromatic heterocycles. The molecule has 1 atom stereocenters. The summed E-state index contributed by atoms with van der Waals surface area (Å²) < 4.78 is 24.2. The standard InChI is InChI=1S/C14H17FO4/c1-13(2,3)19-12(17)14(15,11(16)18-4)10-8-6-5-7-9-10/h5-9H,1-4H3/t14-/m0/s1. The minimum Gasteiger partial charge on any atom is -0.466 e. The Balaban J connectivity index is 3.22. The first-order valence-electron chi connectivity index (χ1n) is 5.78. The molecule has 0 aliphatic heterocycles. The van der Waals surface area contributed by atoms with E-state index in [0.717, 1.165) is 7.11 Å². The summed E-state index contributed by atoms with van der Waals surface area (Å²) in [4.78, 5) is 23.6. The van der Waals surface area contributed by atoms with Crippen LogP contribution in [0.2, 0.25) is 0 Å². The van der Waals surface area contributed by atoms with Gasteiger partial charge in [-0.15, -0.1) is 0 Å². The van der Waals surface area contributed by atoms with Gasteiger partial charge in [0.1, 0.15) is 5.60 Å². The maximum atomic E-state index is 14.9. The summed E-state index contributed by atoms with van der Waals surface area (Å²) >= 11 is 0. The molecule has 1 rings (SSSR count). The molecule has 0 saturated heterocycles. The van der Waals surface area contributed by atoms with Crippen molar-refractivity contribution in [3.8, 4) is 0 Å². The lowest BCUT2D eigenvalue weighted by Crippen LogP contribution is -2.44. The van der Waals surface area contributed by atoms with E-state index in [9.17, 15) is 14.0 Å². The number of rotatable bonds is 3. The van der Waals surface area contributed by atoms with Crippen LogP contribution in [0.25, 0.3) is 0 Å². The van der Waals surface area contributed by atoms with Crippen LogP contribution in [-0.4, -0.2) is 24.6 Å². The number of esters is 2. The summed E-state index contributed by atoms with van der Waals surface area (Å²) in [6.07, 6.45) is 0. The smallest absolute Gasteiger partial charge is 0.361 e. The van der Waals surface area contributed by atoms with Gasteiger partial charge in [0.25, 0.3) is 0 Å². The first-order chi connectivity index (χ1) is 8.71. The molecule has 104 valence electrons. The van der Waals surface area contributed by atoms with Gasteiger partial charge in [0.05, 0.1) is 7.11 Å². The maximum absolute atomic E-state index is 14.9. The molecular weight excluding hydrogens is 251 g/mol. The zero-order valence-electron chi connectivity index (χ0n) is 11.4. The van der Waals surface area contributed by atoms with Crippen LogP contribution in [0.3, 0.4) is 0 Å². The van der Waals surface area contributed by atoms with Gasteiger partial charge < -0.3 is 9.47 Å². The van der Waals surface area contributed by atoms with E-state index in [-0.39, 0.29) is 5.56 Å². The van der Waals surface area contributed by atoms with Gasteiger partial charge in [-0.25, -0.2) is 14.0 Å². The minimum atomic E-state index is -2.96. The van der Waals surface area contributed by atoms with Crippen LogP contribution in [0, 0.1) is 0 Å². The topological polar surface area (TPSA) is 52.6 Å². The fraction of sp³-hybridized carbons (Fsp3) is 0.429. The van der Waals surface area contributed by atoms with Crippen LogP contribution in [-0.2, 0) is 24.7 Å². The van der Waals surface area contributed by atoms with E-state index < -0.39 is 23.2 Å². The number of hydrogen-bond acceptors (Lipinski definition) is 4. The van der Waals surface area contributed by atoms with Gasteiger partial charge >= 0.3 is 17.6 Å². The van der Waals surface area contributed by atoms with Crippen molar-refractivity contribution in [2.45, 2.75) is 32.0 Å². The predicted octanol–water partition coefficient (Wildman–Crippen LogP) is 2.37. The van der Waals surface area contributed by atoms with E-state index in [2.05, 4.69) is 4.74 Å². The molecule has 0 bridgehead atoms. The number of carbonyl (C=O) groups excluding carboxylic acids is 2. The summed E-state index contributed by atoms with van der Waals surface area (Å²) in [5.41, 5.74) is -3.98. The zero-order chi connectivity index (χ0) is 14.7. The Labute approximate surface area is 111 Å². The SMILES string of the molecule is COC(=O)[C@](F)(C(=O)OC(C)(C)C)c1ccccc1. The fourth-order valence-corrected chi connectivity index (χ4v) is 1.48. The molecule has 0 aliphatic rings. The quantitative estimate of drug-likeness (QED) is 0.624. The fourth-order valence-electron chi connectivity index (χ4n) is 1.48. The van der Waals surface area contributed by atoms with Crippen molar-refractivity contribution < 1.29 is 23.5 Å². The van der Waals surface area contributed by atoms with Crippen LogP contribution in [0.15, 0.2) is 30.3 Å². The number of ether oxygens (including phenoxy) is 2. The second-order valence-corrected chi connectivity index (χ2v) is 5.02. The second-order valence-electron chi connectivity index (χ2n) is 5.02. The van der Waals surface area contributed by atoms with Crippen molar-refractivity contribution in [3.63, 3.8) is 0 Å². The third-order valence-electron chi connectivity index (χ3n) is 2.32. The molecule has 0 unspecified atom stereocenters. The zero-order valence-corrected chi connectivity index (χ0v) is 11.4. The first kappa shape index (κ1) is 15.1. The third-order valence-corrected chi connectivity index (χ3v) is 2.32. The number of carbonyl (C=O) groups is 2. The van der Waals surface area contributed by atoms with Crippen molar-refractivity contribution in [2.75, 3.05) is 7.11 Å². The Kier molecular flexibility index (Phi) is 4.29. The molecule has 4 nitrogen and oxygen atoms in total. The van der Waals surface area contributed by atoms with E-state index >= 15 is 0 Å². The third kappa shape index (κ3) is 3.30. The van der Waals surface area contributed by atoms with Crippen molar-refractivity contribution >= 4 is 11.9 Å². The van der Waals surface area contributed by atoms with E-state index in [1.807, 2.05) is 0 Å². The lowest BCUT2D eigenvalue weighted by Gasteiger charge is -2.26. The highest BCUT2D eigenvalue weighted by atomic mass is 19.1. The van der Waals surface area contributed by atoms with Crippen molar-refractivity contribution in [1.82, 2.24) is 0 Å². The van der Waals surface area contributed by atoms with Crippen LogP contribution in [0.4, 0.5) is 4.39 Å². The minimum absolute atomic E-state index is 0.115. The lowest BCUT2D eigenvalue weighted by molar-refractivity contribution is -0.181. The number of hydrogen-bond donors (Lipinski definition) is 0. The van der Waals surface area contributed by atoms with E-state index in [1.54, 1.807) is 26.8 Å². The molecule has 1 aromatic carbocycles. The molecule has 19 heavy (non-hydrogen) atoms. The largest absolute Gasteiger partial charge is 0.466 e. The Hall–Kier alpha value is -1.91. The Morgan fingerprint density at radius 2 is 1.58 bits per heavy atom. The van der Waals surface area contributed by atoms with Crippen LogP contribution < -0.4 is 0 Å². The van der Waals surface area contributed by atoms with Gasteiger partial charge in [-0.3, -0.25) is 0 Å². The number of halogens is 1. The number of benzene rings is 1. The summed E-state index contributed by atoms with van der Waals surface area (Å²) in [6.45, 7) is 4.77. The Morgan fingerprint density at radius 3 is 2.00 bits per heavy atom. The van der Waals surface area contributed by atoms with Crippen molar-refractivity contribution in [3.05, 3.63) is 35.9 Å². The maximum Gasteiger partial charge on any atom is 0.361 e. The van der Waals surface area contributed by atoms with Crippen LogP contribution in [0.5, 0.6) is 0 Å². The highest BCUT2D eigenvalue weighted by Crippen LogP contribution is 2.31. The van der Waals surface area contributed by atoms with E-state index in [1.165, 1.54) is 24.3 Å². The molecule has 0 aliphatic carbocycles. The molecule has 0 heterocycles. The van der Waals surface area contributed by atoms with Gasteiger partial charge in [-0.2, -0.15) is 0 Å². The Bertz CT molecular complexity index is 464. The van der Waals surface area contributed by atoms with E-state index in [0.29, 0.717) is 0 Å². The number of methoxy groups -OCH3 is 1. The molecule has 0 amide bonds. The average molecular weight is 268 g/mol. The molecule has 0 N–H and O–H groups in total. The predicted molar refractivity (Wildman–Crippen MR) is 67.1 cm³/mol. The molecule has 0 saturated carbocycles. The lowest BCUT2D eigenvalue weighted by atomic mass is 9.95.